The van der Waals surface area contributed by atoms with Crippen LogP contribution in [-0.4, -0.2) is 12.5 Å². The number of hydrogen-bond acceptors (Lipinski definition) is 3. The maximum atomic E-state index is 13.1. The molecule has 2 aromatic carbocycles. The Hall–Kier alpha value is -2.98. The average Bonchev–Trinajstić information content (AvgIpc) is 2.57. The van der Waals surface area contributed by atoms with Crippen molar-refractivity contribution < 1.29 is 22.7 Å². The number of amides is 1. The topological polar surface area (TPSA) is 62.1 Å². The Bertz CT molecular complexity index is 846. The maximum absolute atomic E-state index is 13.1. The van der Waals surface area contributed by atoms with Crippen LogP contribution in [-0.2, 0) is 4.79 Å². The second-order valence-electron chi connectivity index (χ2n) is 4.70. The van der Waals surface area contributed by atoms with Gasteiger partial charge in [-0.1, -0.05) is 23.7 Å². The summed E-state index contributed by atoms with van der Waals surface area (Å²) in [7, 11) is 0. The summed E-state index contributed by atoms with van der Waals surface area (Å²) >= 11 is 5.62. The van der Waals surface area contributed by atoms with Crippen LogP contribution >= 0.6 is 11.6 Å². The van der Waals surface area contributed by atoms with Crippen molar-refractivity contribution in [3.63, 3.8) is 0 Å². The van der Waals surface area contributed by atoms with Gasteiger partial charge in [0.15, 0.2) is 0 Å². The van der Waals surface area contributed by atoms with Crippen LogP contribution in [0.25, 0.3) is 6.08 Å². The van der Waals surface area contributed by atoms with Crippen molar-refractivity contribution in [3.05, 3.63) is 64.4 Å². The fourth-order valence-corrected chi connectivity index (χ4v) is 2.01. The highest BCUT2D eigenvalue weighted by Crippen LogP contribution is 2.20. The van der Waals surface area contributed by atoms with E-state index in [4.69, 9.17) is 16.9 Å². The van der Waals surface area contributed by atoms with Crippen molar-refractivity contribution in [3.8, 4) is 11.8 Å². The second-order valence-corrected chi connectivity index (χ2v) is 5.11. The van der Waals surface area contributed by atoms with E-state index in [2.05, 4.69) is 10.1 Å². The number of ether oxygens (including phenoxy) is 1. The first-order chi connectivity index (χ1) is 11.9. The van der Waals surface area contributed by atoms with Gasteiger partial charge in [0.1, 0.15) is 23.2 Å². The maximum Gasteiger partial charge on any atom is 0.387 e. The lowest BCUT2D eigenvalue weighted by atomic mass is 10.1. The van der Waals surface area contributed by atoms with Crippen LogP contribution in [0.5, 0.6) is 5.75 Å². The Morgan fingerprint density at radius 3 is 2.48 bits per heavy atom. The van der Waals surface area contributed by atoms with Crippen molar-refractivity contribution in [1.82, 2.24) is 0 Å². The van der Waals surface area contributed by atoms with Crippen LogP contribution in [0.2, 0.25) is 5.02 Å². The fraction of sp³-hybridized carbons (Fsp3) is 0.0588. The zero-order valence-electron chi connectivity index (χ0n) is 12.5. The van der Waals surface area contributed by atoms with Gasteiger partial charge in [0.2, 0.25) is 0 Å². The Morgan fingerprint density at radius 2 is 1.92 bits per heavy atom. The number of alkyl halides is 2. The molecule has 0 heterocycles. The molecule has 0 saturated heterocycles. The lowest BCUT2D eigenvalue weighted by Gasteiger charge is -2.06. The number of rotatable bonds is 5. The smallest absolute Gasteiger partial charge is 0.387 e. The van der Waals surface area contributed by atoms with E-state index >= 15 is 0 Å². The van der Waals surface area contributed by atoms with Crippen LogP contribution in [0.1, 0.15) is 5.56 Å². The predicted octanol–water partition coefficient (Wildman–Crippen LogP) is 4.63. The molecule has 0 atom stereocenters. The molecule has 0 aliphatic carbocycles. The normalized spacial score (nSPS) is 11.1. The van der Waals surface area contributed by atoms with Gasteiger partial charge in [0.05, 0.1) is 5.02 Å². The molecule has 8 heteroatoms. The van der Waals surface area contributed by atoms with Gasteiger partial charge in [0, 0.05) is 5.69 Å². The van der Waals surface area contributed by atoms with Crippen LogP contribution < -0.4 is 10.1 Å². The van der Waals surface area contributed by atoms with E-state index in [1.807, 2.05) is 0 Å². The molecule has 0 radical (unpaired) electrons. The van der Waals surface area contributed by atoms with Crippen molar-refractivity contribution in [2.75, 3.05) is 5.32 Å². The third-order valence-electron chi connectivity index (χ3n) is 2.96. The van der Waals surface area contributed by atoms with E-state index < -0.39 is 18.3 Å². The number of hydrogen-bond donors (Lipinski definition) is 1. The Kier molecular flexibility index (Phi) is 6.03. The van der Waals surface area contributed by atoms with Gasteiger partial charge in [-0.15, -0.1) is 0 Å². The van der Waals surface area contributed by atoms with Gasteiger partial charge in [-0.05, 0) is 42.0 Å². The molecule has 2 aromatic rings. The minimum absolute atomic E-state index is 0.0453. The number of carbonyl (C=O) groups is 1. The van der Waals surface area contributed by atoms with E-state index in [1.54, 1.807) is 6.07 Å². The summed E-state index contributed by atoms with van der Waals surface area (Å²) in [4.78, 5) is 12.1. The molecule has 4 nitrogen and oxygen atoms in total. The van der Waals surface area contributed by atoms with Crippen LogP contribution in [0.4, 0.5) is 18.9 Å². The molecule has 2 rings (SSSR count). The van der Waals surface area contributed by atoms with E-state index in [-0.39, 0.29) is 22.0 Å². The highest BCUT2D eigenvalue weighted by atomic mass is 35.5. The number of benzene rings is 2. The molecule has 25 heavy (non-hydrogen) atoms. The van der Waals surface area contributed by atoms with E-state index in [0.717, 1.165) is 6.07 Å². The number of nitriles is 1. The third-order valence-corrected chi connectivity index (χ3v) is 3.25. The molecule has 0 fully saturated rings. The summed E-state index contributed by atoms with van der Waals surface area (Å²) in [5.74, 6) is -1.41. The highest BCUT2D eigenvalue weighted by Gasteiger charge is 2.11. The molecule has 0 bridgehead atoms. The molecular formula is C17H10ClF3N2O2. The molecule has 0 saturated carbocycles. The first kappa shape index (κ1) is 18.4. The Balaban J connectivity index is 2.14. The lowest BCUT2D eigenvalue weighted by molar-refractivity contribution is -0.112. The largest absolute Gasteiger partial charge is 0.435 e. The van der Waals surface area contributed by atoms with Gasteiger partial charge >= 0.3 is 6.61 Å². The summed E-state index contributed by atoms with van der Waals surface area (Å²) in [5.41, 5.74) is 0.423. The Morgan fingerprint density at radius 1 is 1.24 bits per heavy atom. The van der Waals surface area contributed by atoms with Crippen molar-refractivity contribution >= 4 is 29.3 Å². The molecule has 0 unspecified atom stereocenters. The van der Waals surface area contributed by atoms with Gasteiger partial charge in [0.25, 0.3) is 5.91 Å². The SMILES string of the molecule is N#C/C(=C\c1ccc(OC(F)F)cc1)C(=O)Nc1ccc(F)c(Cl)c1. The molecule has 128 valence electrons. The molecular weight excluding hydrogens is 357 g/mol. The predicted molar refractivity (Wildman–Crippen MR) is 86.7 cm³/mol. The highest BCUT2D eigenvalue weighted by molar-refractivity contribution is 6.31. The van der Waals surface area contributed by atoms with Crippen LogP contribution in [0, 0.1) is 17.1 Å². The minimum atomic E-state index is -2.94. The summed E-state index contributed by atoms with van der Waals surface area (Å²) < 4.78 is 41.5. The first-order valence-corrected chi connectivity index (χ1v) is 7.20. The van der Waals surface area contributed by atoms with Crippen molar-refractivity contribution in [1.29, 1.82) is 5.26 Å². The molecule has 1 N–H and O–H groups in total. The van der Waals surface area contributed by atoms with Gasteiger partial charge in [-0.2, -0.15) is 14.0 Å². The molecule has 1 amide bonds. The number of anilines is 1. The summed E-state index contributed by atoms with van der Waals surface area (Å²) in [6.45, 7) is -2.94. The minimum Gasteiger partial charge on any atom is -0.435 e. The summed E-state index contributed by atoms with van der Waals surface area (Å²) in [6, 6.07) is 10.7. The Labute approximate surface area is 146 Å². The van der Waals surface area contributed by atoms with Crippen molar-refractivity contribution in [2.45, 2.75) is 6.61 Å². The third kappa shape index (κ3) is 5.26. The van der Waals surface area contributed by atoms with Crippen LogP contribution in [0.15, 0.2) is 48.0 Å². The van der Waals surface area contributed by atoms with Crippen LogP contribution in [0.3, 0.4) is 0 Å². The van der Waals surface area contributed by atoms with Gasteiger partial charge in [-0.25, -0.2) is 4.39 Å². The molecule has 0 aliphatic heterocycles. The molecule has 0 spiro atoms. The van der Waals surface area contributed by atoms with E-state index in [1.165, 1.54) is 42.5 Å². The summed E-state index contributed by atoms with van der Waals surface area (Å²) in [5, 5.41) is 11.4. The zero-order chi connectivity index (χ0) is 18.4. The zero-order valence-corrected chi connectivity index (χ0v) is 13.2. The number of nitrogens with zero attached hydrogens (tertiary/aromatic N) is 1. The molecule has 0 aliphatic rings. The van der Waals surface area contributed by atoms with Gasteiger partial charge in [-0.3, -0.25) is 4.79 Å². The van der Waals surface area contributed by atoms with Gasteiger partial charge < -0.3 is 10.1 Å². The second kappa shape index (κ2) is 8.22. The standard InChI is InChI=1S/C17H10ClF3N2O2/c18-14-8-12(3-6-15(14)19)23-16(24)11(9-22)7-10-1-4-13(5-2-10)25-17(20)21/h1-8,17H,(H,23,24)/b11-7+. The fourth-order valence-electron chi connectivity index (χ4n) is 1.83. The van der Waals surface area contributed by atoms with E-state index in [9.17, 15) is 18.0 Å². The first-order valence-electron chi connectivity index (χ1n) is 6.82. The van der Waals surface area contributed by atoms with E-state index in [0.29, 0.717) is 5.56 Å². The number of carbonyl (C=O) groups excluding carboxylic acids is 1. The quantitative estimate of drug-likeness (QED) is 0.620. The molecule has 0 aromatic heterocycles. The lowest BCUT2D eigenvalue weighted by Crippen LogP contribution is -2.13. The average molecular weight is 367 g/mol. The monoisotopic (exact) mass is 366 g/mol. The number of nitrogens with one attached hydrogen (secondary N) is 1. The number of halogens is 4. The van der Waals surface area contributed by atoms with Crippen molar-refractivity contribution in [2.24, 2.45) is 0 Å². The summed E-state index contributed by atoms with van der Waals surface area (Å²) in [6.07, 6.45) is 1.27.